The zero-order chi connectivity index (χ0) is 10.2. The van der Waals surface area contributed by atoms with Crippen LogP contribution >= 0.6 is 0 Å². The summed E-state index contributed by atoms with van der Waals surface area (Å²) in [5.41, 5.74) is 4.84. The number of rotatable bonds is 1. The summed E-state index contributed by atoms with van der Waals surface area (Å²) >= 11 is 0. The highest BCUT2D eigenvalue weighted by atomic mass is 16.2. The van der Waals surface area contributed by atoms with Gasteiger partial charge in [0.1, 0.15) is 12.2 Å². The number of hydrogen-bond donors (Lipinski definition) is 2. The van der Waals surface area contributed by atoms with Crippen molar-refractivity contribution < 1.29 is 9.59 Å². The first-order valence-corrected chi connectivity index (χ1v) is 4.22. The van der Waals surface area contributed by atoms with Gasteiger partial charge in [-0.2, -0.15) is 0 Å². The Morgan fingerprint density at radius 2 is 2.23 bits per heavy atom. The molecule has 1 aliphatic heterocycles. The van der Waals surface area contributed by atoms with Gasteiger partial charge in [0.2, 0.25) is 11.8 Å². The van der Waals surface area contributed by atoms with E-state index in [1.807, 2.05) is 0 Å². The fourth-order valence-electron chi connectivity index (χ4n) is 1.39. The van der Waals surface area contributed by atoms with E-state index in [2.05, 4.69) is 5.32 Å². The number of nitrogens with two attached hydrogens (primary N) is 1. The molecule has 0 aliphatic carbocycles. The van der Waals surface area contributed by atoms with Gasteiger partial charge in [-0.25, -0.2) is 0 Å². The molecule has 2 amide bonds. The van der Waals surface area contributed by atoms with Crippen LogP contribution in [0, 0.1) is 0 Å². The molecule has 5 heteroatoms. The third-order valence-corrected chi connectivity index (χ3v) is 2.08. The molecule has 0 bridgehead atoms. The number of carbonyl (C=O) groups is 2. The lowest BCUT2D eigenvalue weighted by molar-refractivity contribution is -0.136. The van der Waals surface area contributed by atoms with Crippen molar-refractivity contribution in [1.29, 1.82) is 0 Å². The summed E-state index contributed by atoms with van der Waals surface area (Å²) in [5.74, 6) is -0.345. The average Bonchev–Trinajstić information content (AvgIpc) is 2.22. The first-order valence-electron chi connectivity index (χ1n) is 4.22. The van der Waals surface area contributed by atoms with Gasteiger partial charge in [-0.05, 0) is 20.8 Å². The first-order chi connectivity index (χ1) is 5.84. The highest BCUT2D eigenvalue weighted by Gasteiger charge is 2.40. The SMILES string of the molecule is C[C@H](N)C(=O)N1CC(=O)NC1(C)C. The van der Waals surface area contributed by atoms with Crippen LogP contribution in [0.15, 0.2) is 0 Å². The highest BCUT2D eigenvalue weighted by Crippen LogP contribution is 2.16. The van der Waals surface area contributed by atoms with E-state index in [1.165, 1.54) is 4.90 Å². The minimum absolute atomic E-state index is 0.105. The summed E-state index contributed by atoms with van der Waals surface area (Å²) in [6.07, 6.45) is 0. The second-order valence-electron chi connectivity index (χ2n) is 3.82. The molecule has 0 aromatic heterocycles. The van der Waals surface area contributed by atoms with Gasteiger partial charge in [0.25, 0.3) is 0 Å². The number of amides is 2. The molecule has 1 atom stereocenters. The average molecular weight is 185 g/mol. The lowest BCUT2D eigenvalue weighted by atomic mass is 10.2. The molecule has 13 heavy (non-hydrogen) atoms. The molecule has 0 unspecified atom stereocenters. The Bertz CT molecular complexity index is 248. The maximum Gasteiger partial charge on any atom is 0.241 e. The van der Waals surface area contributed by atoms with Gasteiger partial charge in [0.15, 0.2) is 0 Å². The van der Waals surface area contributed by atoms with Crippen LogP contribution in [-0.4, -0.2) is 35.0 Å². The quantitative estimate of drug-likeness (QED) is 0.552. The fraction of sp³-hybridized carbons (Fsp3) is 0.750. The largest absolute Gasteiger partial charge is 0.332 e. The van der Waals surface area contributed by atoms with Crippen molar-refractivity contribution in [1.82, 2.24) is 10.2 Å². The van der Waals surface area contributed by atoms with Crippen molar-refractivity contribution in [2.24, 2.45) is 5.73 Å². The molecule has 1 saturated heterocycles. The molecule has 3 N–H and O–H groups in total. The van der Waals surface area contributed by atoms with E-state index >= 15 is 0 Å². The lowest BCUT2D eigenvalue weighted by Crippen LogP contribution is -2.53. The Morgan fingerprint density at radius 3 is 2.54 bits per heavy atom. The van der Waals surface area contributed by atoms with E-state index < -0.39 is 11.7 Å². The Morgan fingerprint density at radius 1 is 1.69 bits per heavy atom. The second kappa shape index (κ2) is 2.99. The van der Waals surface area contributed by atoms with Crippen LogP contribution in [0.5, 0.6) is 0 Å². The normalized spacial score (nSPS) is 22.8. The summed E-state index contributed by atoms with van der Waals surface area (Å²) in [6.45, 7) is 5.27. The maximum absolute atomic E-state index is 11.5. The molecule has 1 aliphatic rings. The molecule has 0 aromatic rings. The molecular formula is C8H15N3O2. The minimum Gasteiger partial charge on any atom is -0.332 e. The topological polar surface area (TPSA) is 75.4 Å². The van der Waals surface area contributed by atoms with E-state index in [9.17, 15) is 9.59 Å². The summed E-state index contributed by atoms with van der Waals surface area (Å²) in [6, 6.07) is -0.563. The predicted molar refractivity (Wildman–Crippen MR) is 47.6 cm³/mol. The van der Waals surface area contributed by atoms with E-state index in [0.717, 1.165) is 0 Å². The van der Waals surface area contributed by atoms with Gasteiger partial charge in [-0.3, -0.25) is 9.59 Å². The van der Waals surface area contributed by atoms with Crippen molar-refractivity contribution in [3.63, 3.8) is 0 Å². The monoisotopic (exact) mass is 185 g/mol. The molecule has 5 nitrogen and oxygen atoms in total. The van der Waals surface area contributed by atoms with Gasteiger partial charge >= 0.3 is 0 Å². The number of nitrogens with zero attached hydrogens (tertiary/aromatic N) is 1. The Labute approximate surface area is 77.3 Å². The molecule has 1 heterocycles. The molecule has 0 aromatic carbocycles. The fourth-order valence-corrected chi connectivity index (χ4v) is 1.39. The molecule has 0 spiro atoms. The van der Waals surface area contributed by atoms with E-state index in [-0.39, 0.29) is 18.4 Å². The van der Waals surface area contributed by atoms with Crippen molar-refractivity contribution in [2.75, 3.05) is 6.54 Å². The lowest BCUT2D eigenvalue weighted by Gasteiger charge is -2.31. The molecule has 74 valence electrons. The van der Waals surface area contributed by atoms with E-state index in [0.29, 0.717) is 0 Å². The standard InChI is InChI=1S/C8H15N3O2/c1-5(9)7(13)11-4-6(12)10-8(11,2)3/h5H,4,9H2,1-3H3,(H,10,12)/t5-/m0/s1. The molecule has 1 fully saturated rings. The highest BCUT2D eigenvalue weighted by molar-refractivity contribution is 5.91. The van der Waals surface area contributed by atoms with Gasteiger partial charge in [0.05, 0.1) is 6.04 Å². The summed E-state index contributed by atoms with van der Waals surface area (Å²) in [7, 11) is 0. The van der Waals surface area contributed by atoms with Crippen molar-refractivity contribution in [3.8, 4) is 0 Å². The van der Waals surface area contributed by atoms with Crippen LogP contribution in [0.2, 0.25) is 0 Å². The van der Waals surface area contributed by atoms with Gasteiger partial charge < -0.3 is 16.0 Å². The summed E-state index contributed by atoms with van der Waals surface area (Å²) in [4.78, 5) is 24.0. The van der Waals surface area contributed by atoms with Crippen LogP contribution in [0.25, 0.3) is 0 Å². The molecule has 0 radical (unpaired) electrons. The van der Waals surface area contributed by atoms with Crippen molar-refractivity contribution in [3.05, 3.63) is 0 Å². The van der Waals surface area contributed by atoms with E-state index in [4.69, 9.17) is 5.73 Å². The number of hydrogen-bond acceptors (Lipinski definition) is 3. The zero-order valence-electron chi connectivity index (χ0n) is 8.13. The molecular weight excluding hydrogens is 170 g/mol. The van der Waals surface area contributed by atoms with Crippen LogP contribution in [0.1, 0.15) is 20.8 Å². The van der Waals surface area contributed by atoms with Crippen molar-refractivity contribution >= 4 is 11.8 Å². The predicted octanol–water partition coefficient (Wildman–Crippen LogP) is -0.972. The Hall–Kier alpha value is -1.10. The smallest absolute Gasteiger partial charge is 0.241 e. The zero-order valence-corrected chi connectivity index (χ0v) is 8.13. The van der Waals surface area contributed by atoms with Crippen LogP contribution in [0.3, 0.4) is 0 Å². The number of carbonyl (C=O) groups excluding carboxylic acids is 2. The minimum atomic E-state index is -0.609. The first kappa shape index (κ1) is 9.98. The Kier molecular flexibility index (Phi) is 2.30. The van der Waals surface area contributed by atoms with Gasteiger partial charge in [-0.15, -0.1) is 0 Å². The van der Waals surface area contributed by atoms with Crippen LogP contribution in [-0.2, 0) is 9.59 Å². The third-order valence-electron chi connectivity index (χ3n) is 2.08. The van der Waals surface area contributed by atoms with E-state index in [1.54, 1.807) is 20.8 Å². The van der Waals surface area contributed by atoms with Crippen molar-refractivity contribution in [2.45, 2.75) is 32.5 Å². The van der Waals surface area contributed by atoms with Crippen LogP contribution in [0.4, 0.5) is 0 Å². The number of nitrogens with one attached hydrogen (secondary N) is 1. The summed E-state index contributed by atoms with van der Waals surface area (Å²) < 4.78 is 0. The third kappa shape index (κ3) is 1.80. The molecule has 0 saturated carbocycles. The van der Waals surface area contributed by atoms with Gasteiger partial charge in [-0.1, -0.05) is 0 Å². The second-order valence-corrected chi connectivity index (χ2v) is 3.82. The van der Waals surface area contributed by atoms with Crippen LogP contribution < -0.4 is 11.1 Å². The maximum atomic E-state index is 11.5. The summed E-state index contributed by atoms with van der Waals surface area (Å²) in [5, 5.41) is 2.69. The van der Waals surface area contributed by atoms with Gasteiger partial charge in [0, 0.05) is 0 Å². The molecule has 1 rings (SSSR count). The Balaban J connectivity index is 2.81.